The molecule has 0 aliphatic carbocycles. The largest absolute Gasteiger partial charge is 0.496 e. The number of ketones is 1. The van der Waals surface area contributed by atoms with Crippen LogP contribution in [0.1, 0.15) is 49.0 Å². The SMILES string of the molecule is CCCCCS(=O)(=O)Cc1cc(C(C)=O)ccc1OC. The maximum atomic E-state index is 12.1. The van der Waals surface area contributed by atoms with Gasteiger partial charge >= 0.3 is 0 Å². The molecule has 0 aromatic heterocycles. The number of carbonyl (C=O) groups excluding carboxylic acids is 1. The molecule has 1 aromatic rings. The Morgan fingerprint density at radius 1 is 1.25 bits per heavy atom. The maximum Gasteiger partial charge on any atom is 0.159 e. The topological polar surface area (TPSA) is 60.4 Å². The van der Waals surface area contributed by atoms with Crippen LogP contribution in [0.3, 0.4) is 0 Å². The third kappa shape index (κ3) is 4.96. The van der Waals surface area contributed by atoms with Gasteiger partial charge in [-0.15, -0.1) is 0 Å². The molecule has 0 bridgehead atoms. The van der Waals surface area contributed by atoms with Gasteiger partial charge in [0.1, 0.15) is 5.75 Å². The Hall–Kier alpha value is -1.36. The predicted molar refractivity (Wildman–Crippen MR) is 80.0 cm³/mol. The highest BCUT2D eigenvalue weighted by atomic mass is 32.2. The summed E-state index contributed by atoms with van der Waals surface area (Å²) in [6.07, 6.45) is 2.57. The fourth-order valence-corrected chi connectivity index (χ4v) is 3.48. The molecule has 20 heavy (non-hydrogen) atoms. The van der Waals surface area contributed by atoms with Crippen molar-refractivity contribution < 1.29 is 17.9 Å². The molecule has 0 fully saturated rings. The number of benzene rings is 1. The van der Waals surface area contributed by atoms with E-state index in [1.54, 1.807) is 18.2 Å². The number of sulfone groups is 1. The molecule has 1 aromatic carbocycles. The number of Topliss-reactive ketones (excluding diaryl/α,β-unsaturated/α-hetero) is 1. The van der Waals surface area contributed by atoms with Crippen LogP contribution in [0.2, 0.25) is 0 Å². The number of methoxy groups -OCH3 is 1. The first-order chi connectivity index (χ1) is 9.39. The summed E-state index contributed by atoms with van der Waals surface area (Å²) < 4.78 is 29.3. The molecule has 0 saturated heterocycles. The normalized spacial score (nSPS) is 11.3. The van der Waals surface area contributed by atoms with Gasteiger partial charge in [-0.05, 0) is 31.5 Å². The van der Waals surface area contributed by atoms with E-state index in [0.717, 1.165) is 12.8 Å². The fourth-order valence-electron chi connectivity index (χ4n) is 1.99. The summed E-state index contributed by atoms with van der Waals surface area (Å²) in [5.74, 6) is 0.515. The van der Waals surface area contributed by atoms with Crippen LogP contribution in [0.25, 0.3) is 0 Å². The maximum absolute atomic E-state index is 12.1. The number of ether oxygens (including phenoxy) is 1. The minimum Gasteiger partial charge on any atom is -0.496 e. The Balaban J connectivity index is 2.94. The van der Waals surface area contributed by atoms with Gasteiger partial charge in [0.25, 0.3) is 0 Å². The van der Waals surface area contributed by atoms with Crippen molar-refractivity contribution in [2.75, 3.05) is 12.9 Å². The number of carbonyl (C=O) groups is 1. The number of hydrogen-bond donors (Lipinski definition) is 0. The molecular weight excluding hydrogens is 276 g/mol. The number of unbranched alkanes of at least 4 members (excludes halogenated alkanes) is 2. The van der Waals surface area contributed by atoms with E-state index in [-0.39, 0.29) is 17.3 Å². The average molecular weight is 298 g/mol. The fraction of sp³-hybridized carbons (Fsp3) is 0.533. The van der Waals surface area contributed by atoms with Gasteiger partial charge < -0.3 is 4.74 Å². The molecule has 1 rings (SSSR count). The Bertz CT molecular complexity index is 561. The standard InChI is InChI=1S/C15H22O4S/c1-4-5-6-9-20(17,18)11-14-10-13(12(2)16)7-8-15(14)19-3/h7-8,10H,4-6,9,11H2,1-3H3. The second-order valence-electron chi connectivity index (χ2n) is 4.88. The first kappa shape index (κ1) is 16.7. The Labute approximate surface area is 121 Å². The quantitative estimate of drug-likeness (QED) is 0.547. The van der Waals surface area contributed by atoms with Crippen molar-refractivity contribution in [3.8, 4) is 5.75 Å². The summed E-state index contributed by atoms with van der Waals surface area (Å²) in [5.41, 5.74) is 1.06. The third-order valence-corrected chi connectivity index (χ3v) is 4.78. The van der Waals surface area contributed by atoms with E-state index in [0.29, 0.717) is 23.3 Å². The summed E-state index contributed by atoms with van der Waals surface area (Å²) in [6.45, 7) is 3.49. The Morgan fingerprint density at radius 3 is 2.50 bits per heavy atom. The van der Waals surface area contributed by atoms with Crippen LogP contribution in [-0.4, -0.2) is 27.1 Å². The van der Waals surface area contributed by atoms with Crippen molar-refractivity contribution in [2.24, 2.45) is 0 Å². The molecule has 0 N–H and O–H groups in total. The minimum atomic E-state index is -3.17. The molecule has 0 unspecified atom stereocenters. The zero-order chi connectivity index (χ0) is 15.2. The first-order valence-corrected chi connectivity index (χ1v) is 8.60. The van der Waals surface area contributed by atoms with Crippen LogP contribution in [0.4, 0.5) is 0 Å². The summed E-state index contributed by atoms with van der Waals surface area (Å²) in [5, 5.41) is 0. The highest BCUT2D eigenvalue weighted by molar-refractivity contribution is 7.90. The van der Waals surface area contributed by atoms with Crippen LogP contribution >= 0.6 is 0 Å². The van der Waals surface area contributed by atoms with Crippen molar-refractivity contribution in [3.05, 3.63) is 29.3 Å². The molecule has 0 aliphatic heterocycles. The molecule has 0 spiro atoms. The van der Waals surface area contributed by atoms with E-state index < -0.39 is 9.84 Å². The Morgan fingerprint density at radius 2 is 1.95 bits per heavy atom. The molecule has 4 nitrogen and oxygen atoms in total. The lowest BCUT2D eigenvalue weighted by Gasteiger charge is -2.10. The van der Waals surface area contributed by atoms with Gasteiger partial charge in [-0.25, -0.2) is 8.42 Å². The van der Waals surface area contributed by atoms with E-state index >= 15 is 0 Å². The van der Waals surface area contributed by atoms with E-state index in [1.807, 2.05) is 6.92 Å². The highest BCUT2D eigenvalue weighted by Gasteiger charge is 2.16. The van der Waals surface area contributed by atoms with Gasteiger partial charge in [-0.2, -0.15) is 0 Å². The van der Waals surface area contributed by atoms with E-state index in [1.165, 1.54) is 14.0 Å². The summed E-state index contributed by atoms with van der Waals surface area (Å²) in [4.78, 5) is 11.4. The lowest BCUT2D eigenvalue weighted by Crippen LogP contribution is -2.11. The summed E-state index contributed by atoms with van der Waals surface area (Å²) >= 11 is 0. The second-order valence-corrected chi connectivity index (χ2v) is 7.07. The van der Waals surface area contributed by atoms with Crippen molar-refractivity contribution in [2.45, 2.75) is 38.9 Å². The average Bonchev–Trinajstić information content (AvgIpc) is 2.38. The molecule has 0 radical (unpaired) electrons. The van der Waals surface area contributed by atoms with Crippen molar-refractivity contribution in [3.63, 3.8) is 0 Å². The lowest BCUT2D eigenvalue weighted by atomic mass is 10.1. The van der Waals surface area contributed by atoms with Crippen LogP contribution in [0, 0.1) is 0 Å². The summed E-state index contributed by atoms with van der Waals surface area (Å²) in [6, 6.07) is 4.90. The van der Waals surface area contributed by atoms with Gasteiger partial charge in [0.15, 0.2) is 15.6 Å². The van der Waals surface area contributed by atoms with Crippen LogP contribution in [-0.2, 0) is 15.6 Å². The lowest BCUT2D eigenvalue weighted by molar-refractivity contribution is 0.101. The number of rotatable bonds is 8. The molecule has 0 atom stereocenters. The first-order valence-electron chi connectivity index (χ1n) is 6.78. The molecule has 0 amide bonds. The van der Waals surface area contributed by atoms with Gasteiger partial charge in [0.2, 0.25) is 0 Å². The minimum absolute atomic E-state index is 0.0823. The van der Waals surface area contributed by atoms with E-state index in [4.69, 9.17) is 4.74 Å². The molecule has 112 valence electrons. The van der Waals surface area contributed by atoms with Crippen LogP contribution in [0.5, 0.6) is 5.75 Å². The zero-order valence-corrected chi connectivity index (χ0v) is 13.1. The zero-order valence-electron chi connectivity index (χ0n) is 12.3. The monoisotopic (exact) mass is 298 g/mol. The van der Waals surface area contributed by atoms with Crippen molar-refractivity contribution in [1.82, 2.24) is 0 Å². The molecule has 0 saturated carbocycles. The molecule has 5 heteroatoms. The highest BCUT2D eigenvalue weighted by Crippen LogP contribution is 2.23. The second kappa shape index (κ2) is 7.43. The Kier molecular flexibility index (Phi) is 6.20. The molecule has 0 aliphatic rings. The van der Waals surface area contributed by atoms with Crippen molar-refractivity contribution in [1.29, 1.82) is 0 Å². The van der Waals surface area contributed by atoms with E-state index in [2.05, 4.69) is 0 Å². The molecular formula is C15H22O4S. The van der Waals surface area contributed by atoms with Crippen LogP contribution < -0.4 is 4.74 Å². The van der Waals surface area contributed by atoms with Gasteiger partial charge in [-0.1, -0.05) is 19.8 Å². The third-order valence-electron chi connectivity index (χ3n) is 3.12. The van der Waals surface area contributed by atoms with E-state index in [9.17, 15) is 13.2 Å². The predicted octanol–water partition coefficient (Wildman–Crippen LogP) is 3.00. The number of hydrogen-bond acceptors (Lipinski definition) is 4. The molecule has 0 heterocycles. The summed E-state index contributed by atoms with van der Waals surface area (Å²) in [7, 11) is -1.68. The van der Waals surface area contributed by atoms with Gasteiger partial charge in [-0.3, -0.25) is 4.79 Å². The van der Waals surface area contributed by atoms with Gasteiger partial charge in [0.05, 0.1) is 18.6 Å². The van der Waals surface area contributed by atoms with Crippen LogP contribution in [0.15, 0.2) is 18.2 Å². The smallest absolute Gasteiger partial charge is 0.159 e. The van der Waals surface area contributed by atoms with Crippen molar-refractivity contribution >= 4 is 15.6 Å². The van der Waals surface area contributed by atoms with Gasteiger partial charge in [0, 0.05) is 11.1 Å².